The van der Waals surface area contributed by atoms with Gasteiger partial charge in [0, 0.05) is 30.2 Å². The molecule has 0 bridgehead atoms. The summed E-state index contributed by atoms with van der Waals surface area (Å²) in [5.74, 6) is 0.647. The number of rotatable bonds is 0. The number of aryl methyl sites for hydroxylation is 1. The summed E-state index contributed by atoms with van der Waals surface area (Å²) in [6, 6.07) is 7.40. The largest absolute Gasteiger partial charge is 0.345 e. The lowest BCUT2D eigenvalue weighted by Gasteiger charge is -2.39. The lowest BCUT2D eigenvalue weighted by Crippen LogP contribution is -2.43. The van der Waals surface area contributed by atoms with Gasteiger partial charge >= 0.3 is 0 Å². The Morgan fingerprint density at radius 1 is 1.16 bits per heavy atom. The zero-order valence-electron chi connectivity index (χ0n) is 11.9. The Morgan fingerprint density at radius 3 is 2.84 bits per heavy atom. The lowest BCUT2D eigenvalue weighted by molar-refractivity contribution is 0.234. The molecule has 0 radical (unpaired) electrons. The smallest absolute Gasteiger partial charge is 0.0560 e. The zero-order valence-corrected chi connectivity index (χ0v) is 11.9. The molecule has 0 saturated carbocycles. The Morgan fingerprint density at radius 2 is 2.00 bits per heavy atom. The first-order chi connectivity index (χ1) is 9.15. The molecule has 2 aliphatic heterocycles. The van der Waals surface area contributed by atoms with Crippen molar-refractivity contribution in [3.05, 3.63) is 41.6 Å². The SMILES string of the molecule is Cc1ccc2c3c1ccn3C[C@H]1C2=C[C@H](C)CN1C. The van der Waals surface area contributed by atoms with Crippen LogP contribution in [-0.4, -0.2) is 29.1 Å². The van der Waals surface area contributed by atoms with Crippen LogP contribution in [0.15, 0.2) is 30.5 Å². The van der Waals surface area contributed by atoms with Crippen LogP contribution >= 0.6 is 0 Å². The van der Waals surface area contributed by atoms with Crippen molar-refractivity contribution >= 4 is 16.5 Å². The first-order valence-corrected chi connectivity index (χ1v) is 7.16. The second-order valence-electron chi connectivity index (χ2n) is 6.22. The molecule has 2 nitrogen and oxygen atoms in total. The van der Waals surface area contributed by atoms with Gasteiger partial charge in [-0.25, -0.2) is 0 Å². The van der Waals surface area contributed by atoms with Crippen LogP contribution in [0.1, 0.15) is 18.1 Å². The maximum atomic E-state index is 2.51. The number of likely N-dealkylation sites (N-methyl/N-ethyl adjacent to an activating group) is 1. The second-order valence-corrected chi connectivity index (χ2v) is 6.22. The van der Waals surface area contributed by atoms with Gasteiger partial charge in [0.1, 0.15) is 0 Å². The summed E-state index contributed by atoms with van der Waals surface area (Å²) in [5, 5.41) is 1.41. The van der Waals surface area contributed by atoms with Crippen molar-refractivity contribution in [2.45, 2.75) is 26.4 Å². The van der Waals surface area contributed by atoms with Crippen LogP contribution in [0.3, 0.4) is 0 Å². The molecule has 2 aliphatic rings. The third-order valence-corrected chi connectivity index (χ3v) is 4.76. The summed E-state index contributed by atoms with van der Waals surface area (Å²) in [6.45, 7) is 6.78. The number of hydrogen-bond donors (Lipinski definition) is 0. The van der Waals surface area contributed by atoms with Crippen LogP contribution < -0.4 is 0 Å². The Labute approximate surface area is 114 Å². The number of aromatic nitrogens is 1. The highest BCUT2D eigenvalue weighted by Gasteiger charge is 2.32. The van der Waals surface area contributed by atoms with Crippen LogP contribution in [-0.2, 0) is 6.54 Å². The van der Waals surface area contributed by atoms with Gasteiger partial charge < -0.3 is 4.57 Å². The van der Waals surface area contributed by atoms with Crippen LogP contribution in [0.25, 0.3) is 16.5 Å². The van der Waals surface area contributed by atoms with E-state index >= 15 is 0 Å². The first-order valence-electron chi connectivity index (χ1n) is 7.16. The molecule has 4 rings (SSSR count). The molecule has 1 aromatic heterocycles. The molecule has 0 saturated heterocycles. The first kappa shape index (κ1) is 11.3. The molecule has 0 amide bonds. The topological polar surface area (TPSA) is 8.17 Å². The normalized spacial score (nSPS) is 26.4. The quantitative estimate of drug-likeness (QED) is 0.698. The highest BCUT2D eigenvalue weighted by atomic mass is 15.2. The van der Waals surface area contributed by atoms with E-state index < -0.39 is 0 Å². The lowest BCUT2D eigenvalue weighted by atomic mass is 9.86. The standard InChI is InChI=1S/C17H20N2/c1-11-8-15-14-5-4-12(2)13-6-7-19(17(13)14)10-16(15)18(3)9-11/h4-8,11,16H,9-10H2,1-3H3/t11-,16-/m0/s1. The molecule has 0 fully saturated rings. The van der Waals surface area contributed by atoms with Crippen molar-refractivity contribution in [3.8, 4) is 0 Å². The number of nitrogens with zero attached hydrogens (tertiary/aromatic N) is 2. The molecule has 2 aromatic rings. The third kappa shape index (κ3) is 1.47. The van der Waals surface area contributed by atoms with Gasteiger partial charge in [-0.3, -0.25) is 4.90 Å². The molecule has 98 valence electrons. The molecular weight excluding hydrogens is 232 g/mol. The fourth-order valence-corrected chi connectivity index (χ4v) is 3.84. The Bertz CT molecular complexity index is 693. The maximum Gasteiger partial charge on any atom is 0.0560 e. The summed E-state index contributed by atoms with van der Waals surface area (Å²) in [5.41, 5.74) is 5.80. The summed E-state index contributed by atoms with van der Waals surface area (Å²) < 4.78 is 2.44. The average Bonchev–Trinajstić information content (AvgIpc) is 2.79. The molecule has 3 heterocycles. The number of hydrogen-bond acceptors (Lipinski definition) is 1. The zero-order chi connectivity index (χ0) is 13.1. The van der Waals surface area contributed by atoms with Gasteiger partial charge in [-0.15, -0.1) is 0 Å². The monoisotopic (exact) mass is 252 g/mol. The van der Waals surface area contributed by atoms with Crippen molar-refractivity contribution in [1.82, 2.24) is 9.47 Å². The van der Waals surface area contributed by atoms with Gasteiger partial charge in [0.15, 0.2) is 0 Å². The van der Waals surface area contributed by atoms with E-state index in [4.69, 9.17) is 0 Å². The fourth-order valence-electron chi connectivity index (χ4n) is 3.84. The summed E-state index contributed by atoms with van der Waals surface area (Å²) in [7, 11) is 2.26. The molecule has 0 aliphatic carbocycles. The van der Waals surface area contributed by atoms with Crippen LogP contribution in [0, 0.1) is 12.8 Å². The minimum Gasteiger partial charge on any atom is -0.345 e. The minimum atomic E-state index is 0.544. The fraction of sp³-hybridized carbons (Fsp3) is 0.412. The average molecular weight is 252 g/mol. The Balaban J connectivity index is 2.03. The van der Waals surface area contributed by atoms with Crippen LogP contribution in [0.4, 0.5) is 0 Å². The van der Waals surface area contributed by atoms with Crippen molar-refractivity contribution in [1.29, 1.82) is 0 Å². The third-order valence-electron chi connectivity index (χ3n) is 4.76. The van der Waals surface area contributed by atoms with Gasteiger partial charge in [-0.05, 0) is 37.1 Å². The van der Waals surface area contributed by atoms with Crippen molar-refractivity contribution in [3.63, 3.8) is 0 Å². The van der Waals surface area contributed by atoms with E-state index in [0.717, 1.165) is 6.54 Å². The van der Waals surface area contributed by atoms with Crippen molar-refractivity contribution < 1.29 is 0 Å². The molecule has 1 aromatic carbocycles. The highest BCUT2D eigenvalue weighted by Crippen LogP contribution is 2.39. The van der Waals surface area contributed by atoms with E-state index in [1.807, 2.05) is 0 Å². The summed E-state index contributed by atoms with van der Waals surface area (Å²) >= 11 is 0. The van der Waals surface area contributed by atoms with Crippen LogP contribution in [0.2, 0.25) is 0 Å². The summed E-state index contributed by atoms with van der Waals surface area (Å²) in [6.07, 6.45) is 4.75. The molecule has 0 spiro atoms. The van der Waals surface area contributed by atoms with Crippen LogP contribution in [0.5, 0.6) is 0 Å². The van der Waals surface area contributed by atoms with E-state index in [-0.39, 0.29) is 0 Å². The van der Waals surface area contributed by atoms with Crippen molar-refractivity contribution in [2.75, 3.05) is 13.6 Å². The number of fused-ring (bicyclic) bond motifs is 2. The van der Waals surface area contributed by atoms with Gasteiger partial charge in [0.2, 0.25) is 0 Å². The molecule has 2 heteroatoms. The van der Waals surface area contributed by atoms with E-state index in [0.29, 0.717) is 12.0 Å². The predicted octanol–water partition coefficient (Wildman–Crippen LogP) is 3.30. The Hall–Kier alpha value is -1.54. The summed E-state index contributed by atoms with van der Waals surface area (Å²) in [4.78, 5) is 2.51. The highest BCUT2D eigenvalue weighted by molar-refractivity contribution is 5.96. The molecule has 0 unspecified atom stereocenters. The van der Waals surface area contributed by atoms with E-state index in [1.54, 1.807) is 0 Å². The van der Waals surface area contributed by atoms with Crippen molar-refractivity contribution in [2.24, 2.45) is 5.92 Å². The molecule has 0 N–H and O–H groups in total. The maximum absolute atomic E-state index is 2.51. The predicted molar refractivity (Wildman–Crippen MR) is 80.2 cm³/mol. The minimum absolute atomic E-state index is 0.544. The second kappa shape index (κ2) is 3.73. The Kier molecular flexibility index (Phi) is 2.22. The van der Waals surface area contributed by atoms with E-state index in [2.05, 4.69) is 60.8 Å². The number of benzene rings is 1. The molecular formula is C17H20N2. The van der Waals surface area contributed by atoms with E-state index in [9.17, 15) is 0 Å². The van der Waals surface area contributed by atoms with Gasteiger partial charge in [-0.2, -0.15) is 0 Å². The van der Waals surface area contributed by atoms with Gasteiger partial charge in [0.25, 0.3) is 0 Å². The molecule has 2 atom stereocenters. The van der Waals surface area contributed by atoms with E-state index in [1.165, 1.54) is 34.1 Å². The molecule has 19 heavy (non-hydrogen) atoms. The van der Waals surface area contributed by atoms with Gasteiger partial charge in [0.05, 0.1) is 11.6 Å². The van der Waals surface area contributed by atoms with Gasteiger partial charge in [-0.1, -0.05) is 25.1 Å².